The minimum Gasteiger partial charge on any atom is -0.487 e. The van der Waals surface area contributed by atoms with Crippen LogP contribution in [0.3, 0.4) is 0 Å². The van der Waals surface area contributed by atoms with E-state index in [1.54, 1.807) is 42.9 Å². The molecule has 0 aliphatic rings. The Morgan fingerprint density at radius 1 is 1.03 bits per heavy atom. The molecule has 9 heteroatoms. The van der Waals surface area contributed by atoms with E-state index in [2.05, 4.69) is 25.3 Å². The maximum Gasteiger partial charge on any atom is 0.219 e. The van der Waals surface area contributed by atoms with E-state index < -0.39 is 0 Å². The van der Waals surface area contributed by atoms with Crippen LogP contribution in [-0.2, 0) is 6.61 Å². The second-order valence-electron chi connectivity index (χ2n) is 6.72. The number of nitrogens with one attached hydrogen (secondary N) is 1. The average molecular weight is 449 g/mol. The molecule has 32 heavy (non-hydrogen) atoms. The summed E-state index contributed by atoms with van der Waals surface area (Å²) in [5.41, 5.74) is 8.49. The van der Waals surface area contributed by atoms with E-state index in [-0.39, 0.29) is 18.4 Å². The highest BCUT2D eigenvalue weighted by Gasteiger charge is 2.07. The van der Waals surface area contributed by atoms with Crippen LogP contribution in [0.1, 0.15) is 16.7 Å². The Morgan fingerprint density at radius 3 is 2.66 bits per heavy atom. The number of rotatable bonds is 7. The summed E-state index contributed by atoms with van der Waals surface area (Å²) in [4.78, 5) is 16.3. The summed E-state index contributed by atoms with van der Waals surface area (Å²) < 4.78 is 19.0. The molecule has 0 spiro atoms. The van der Waals surface area contributed by atoms with Crippen LogP contribution in [0, 0.1) is 5.82 Å². The Bertz CT molecular complexity index is 1250. The van der Waals surface area contributed by atoms with Crippen LogP contribution in [0.25, 0.3) is 12.2 Å². The van der Waals surface area contributed by atoms with E-state index >= 15 is 0 Å². The van der Waals surface area contributed by atoms with E-state index in [9.17, 15) is 4.39 Å². The lowest BCUT2D eigenvalue weighted by Crippen LogP contribution is -1.99. The van der Waals surface area contributed by atoms with Crippen molar-refractivity contribution in [2.75, 3.05) is 11.1 Å². The Balaban J connectivity index is 1.46. The van der Waals surface area contributed by atoms with Crippen LogP contribution in [0.15, 0.2) is 67.4 Å². The van der Waals surface area contributed by atoms with Gasteiger partial charge >= 0.3 is 0 Å². The first-order valence-electron chi connectivity index (χ1n) is 9.56. The van der Waals surface area contributed by atoms with E-state index in [0.29, 0.717) is 22.2 Å². The number of aromatic nitrogens is 4. The molecule has 0 amide bonds. The van der Waals surface area contributed by atoms with Gasteiger partial charge in [0.1, 0.15) is 30.3 Å². The molecule has 0 radical (unpaired) electrons. The fourth-order valence-electron chi connectivity index (χ4n) is 2.81. The third-order valence-corrected chi connectivity index (χ3v) is 4.66. The molecule has 0 atom stereocenters. The van der Waals surface area contributed by atoms with Gasteiger partial charge < -0.3 is 15.8 Å². The van der Waals surface area contributed by atoms with Gasteiger partial charge in [0.25, 0.3) is 0 Å². The normalized spacial score (nSPS) is 10.9. The number of ether oxygens (including phenoxy) is 1. The fourth-order valence-corrected chi connectivity index (χ4v) is 3.04. The van der Waals surface area contributed by atoms with E-state index in [0.717, 1.165) is 16.8 Å². The summed E-state index contributed by atoms with van der Waals surface area (Å²) in [7, 11) is 0. The van der Waals surface area contributed by atoms with Crippen molar-refractivity contribution in [3.63, 3.8) is 0 Å². The topological polar surface area (TPSA) is 98.8 Å². The van der Waals surface area contributed by atoms with Gasteiger partial charge in [0, 0.05) is 35.4 Å². The monoisotopic (exact) mass is 448 g/mol. The lowest BCUT2D eigenvalue weighted by Gasteiger charge is -2.12. The zero-order chi connectivity index (χ0) is 22.3. The Kier molecular flexibility index (Phi) is 6.52. The molecule has 0 aliphatic carbocycles. The summed E-state index contributed by atoms with van der Waals surface area (Å²) in [5, 5.41) is 3.64. The molecule has 0 bridgehead atoms. The quantitative estimate of drug-likeness (QED) is 0.404. The first-order chi connectivity index (χ1) is 15.6. The van der Waals surface area contributed by atoms with Crippen molar-refractivity contribution in [2.24, 2.45) is 0 Å². The Labute approximate surface area is 188 Å². The molecule has 2 aromatic carbocycles. The molecule has 3 N–H and O–H groups in total. The highest BCUT2D eigenvalue weighted by atomic mass is 35.5. The van der Waals surface area contributed by atoms with Crippen LogP contribution in [0.2, 0.25) is 5.02 Å². The Hall–Kier alpha value is -4.04. The van der Waals surface area contributed by atoms with Gasteiger partial charge in [-0.3, -0.25) is 0 Å². The maximum atomic E-state index is 13.3. The largest absolute Gasteiger partial charge is 0.487 e. The number of benzene rings is 2. The first kappa shape index (κ1) is 21.2. The second kappa shape index (κ2) is 9.84. The van der Waals surface area contributed by atoms with E-state index in [1.807, 2.05) is 18.2 Å². The molecule has 7 nitrogen and oxygen atoms in total. The van der Waals surface area contributed by atoms with Crippen LogP contribution in [0.4, 0.5) is 21.8 Å². The smallest absolute Gasteiger partial charge is 0.219 e. The third kappa shape index (κ3) is 5.55. The van der Waals surface area contributed by atoms with Gasteiger partial charge in [0.15, 0.2) is 0 Å². The highest BCUT2D eigenvalue weighted by Crippen LogP contribution is 2.30. The number of nitrogens with zero attached hydrogens (tertiary/aromatic N) is 4. The molecule has 0 saturated carbocycles. The van der Waals surface area contributed by atoms with Crippen molar-refractivity contribution in [1.29, 1.82) is 0 Å². The number of nitrogens with two attached hydrogens (primary N) is 1. The molecule has 4 rings (SSSR count). The number of hydrogen-bond donors (Lipinski definition) is 2. The van der Waals surface area contributed by atoms with E-state index in [4.69, 9.17) is 22.1 Å². The van der Waals surface area contributed by atoms with Gasteiger partial charge in [-0.2, -0.15) is 0 Å². The fraction of sp³-hybridized carbons (Fsp3) is 0.0435. The van der Waals surface area contributed by atoms with Crippen LogP contribution in [-0.4, -0.2) is 19.9 Å². The molecule has 160 valence electrons. The van der Waals surface area contributed by atoms with Crippen LogP contribution in [0.5, 0.6) is 5.75 Å². The molecule has 2 heterocycles. The Morgan fingerprint density at radius 2 is 1.88 bits per heavy atom. The minimum absolute atomic E-state index is 0.208. The van der Waals surface area contributed by atoms with Crippen molar-refractivity contribution in [3.05, 3.63) is 94.9 Å². The zero-order valence-corrected chi connectivity index (χ0v) is 17.5. The molecule has 4 aromatic rings. The number of hydrogen-bond acceptors (Lipinski definition) is 7. The van der Waals surface area contributed by atoms with Gasteiger partial charge in [0.05, 0.1) is 5.02 Å². The summed E-state index contributed by atoms with van der Waals surface area (Å²) in [5.74, 6) is 0.993. The molecule has 0 fully saturated rings. The highest BCUT2D eigenvalue weighted by molar-refractivity contribution is 6.32. The van der Waals surface area contributed by atoms with Crippen molar-refractivity contribution in [1.82, 2.24) is 19.9 Å². The summed E-state index contributed by atoms with van der Waals surface area (Å²) in [6, 6.07) is 11.5. The van der Waals surface area contributed by atoms with Crippen molar-refractivity contribution in [3.8, 4) is 5.75 Å². The summed E-state index contributed by atoms with van der Waals surface area (Å²) in [6.45, 7) is 0.208. The summed E-state index contributed by atoms with van der Waals surface area (Å²) >= 11 is 6.38. The molecule has 0 unspecified atom stereocenters. The maximum absolute atomic E-state index is 13.3. The molecular weight excluding hydrogens is 431 g/mol. The number of halogens is 2. The second-order valence-corrected chi connectivity index (χ2v) is 7.13. The average Bonchev–Trinajstić information content (AvgIpc) is 2.79. The van der Waals surface area contributed by atoms with Crippen molar-refractivity contribution in [2.45, 2.75) is 6.61 Å². The third-order valence-electron chi connectivity index (χ3n) is 4.37. The first-order valence-corrected chi connectivity index (χ1v) is 9.94. The predicted octanol–water partition coefficient (Wildman–Crippen LogP) is 5.13. The van der Waals surface area contributed by atoms with Crippen molar-refractivity contribution >= 4 is 41.2 Å². The SMILES string of the molecule is Nc1ncc(C=Cc2cncnc2Nc2ccc(OCc3cccc(F)c3)c(Cl)c2)cn1. The lowest BCUT2D eigenvalue weighted by atomic mass is 10.2. The van der Waals surface area contributed by atoms with Gasteiger partial charge in [-0.05, 0) is 42.0 Å². The molecule has 2 aromatic heterocycles. The van der Waals surface area contributed by atoms with Gasteiger partial charge in [-0.1, -0.05) is 29.8 Å². The summed E-state index contributed by atoms with van der Waals surface area (Å²) in [6.07, 6.45) is 10.1. The van der Waals surface area contributed by atoms with Gasteiger partial charge in [0.2, 0.25) is 5.95 Å². The number of anilines is 3. The predicted molar refractivity (Wildman–Crippen MR) is 123 cm³/mol. The van der Waals surface area contributed by atoms with E-state index in [1.165, 1.54) is 18.5 Å². The molecule has 0 aliphatic heterocycles. The molecular formula is C23H18ClFN6O. The van der Waals surface area contributed by atoms with Gasteiger partial charge in [-0.25, -0.2) is 24.3 Å². The zero-order valence-electron chi connectivity index (χ0n) is 16.7. The van der Waals surface area contributed by atoms with Gasteiger partial charge in [-0.15, -0.1) is 0 Å². The molecule has 0 saturated heterocycles. The standard InChI is InChI=1S/C23H18ClFN6O/c24-20-9-19(6-7-21(20)32-13-15-2-1-3-18(25)8-15)31-22-17(12-27-14-30-22)5-4-16-10-28-23(26)29-11-16/h1-12,14H,13H2,(H2,26,28,29)(H,27,30,31). The van der Waals surface area contributed by atoms with Crippen molar-refractivity contribution < 1.29 is 9.13 Å². The van der Waals surface area contributed by atoms with Crippen LogP contribution >= 0.6 is 11.6 Å². The lowest BCUT2D eigenvalue weighted by molar-refractivity contribution is 0.306. The van der Waals surface area contributed by atoms with Crippen LogP contribution < -0.4 is 15.8 Å². The minimum atomic E-state index is -0.310. The number of nitrogen functional groups attached to an aromatic ring is 1.